The van der Waals surface area contributed by atoms with Gasteiger partial charge in [0.15, 0.2) is 0 Å². The summed E-state index contributed by atoms with van der Waals surface area (Å²) < 4.78 is 38.5. The van der Waals surface area contributed by atoms with Crippen molar-refractivity contribution in [1.82, 2.24) is 20.2 Å². The molecule has 150 valence electrons. The normalized spacial score (nSPS) is 11.2. The molecule has 0 aliphatic heterocycles. The summed E-state index contributed by atoms with van der Waals surface area (Å²) in [6.45, 7) is 1.11. The Bertz CT molecular complexity index is 1030. The van der Waals surface area contributed by atoms with Crippen LogP contribution in [-0.2, 0) is 22.3 Å². The number of amides is 2. The van der Waals surface area contributed by atoms with Gasteiger partial charge in [-0.15, -0.1) is 10.2 Å². The van der Waals surface area contributed by atoms with Crippen LogP contribution in [0.25, 0.3) is 11.4 Å². The molecule has 0 bridgehead atoms. The zero-order valence-corrected chi connectivity index (χ0v) is 15.1. The van der Waals surface area contributed by atoms with Crippen molar-refractivity contribution in [1.29, 1.82) is 0 Å². The van der Waals surface area contributed by atoms with Crippen molar-refractivity contribution in [3.63, 3.8) is 0 Å². The molecule has 3 aromatic rings. The van der Waals surface area contributed by atoms with E-state index >= 15 is 0 Å². The molecule has 0 aliphatic rings. The summed E-state index contributed by atoms with van der Waals surface area (Å²) in [5.41, 5.74) is 0.383. The predicted octanol–water partition coefficient (Wildman–Crippen LogP) is 2.96. The van der Waals surface area contributed by atoms with Crippen LogP contribution in [0.15, 0.2) is 48.5 Å². The van der Waals surface area contributed by atoms with Gasteiger partial charge in [0.05, 0.1) is 5.56 Å². The number of halogens is 3. The fourth-order valence-corrected chi connectivity index (χ4v) is 2.43. The monoisotopic (exact) mass is 404 g/mol. The number of nitrogens with zero attached hydrogens (tertiary/aromatic N) is 4. The first kappa shape index (κ1) is 20.0. The highest BCUT2D eigenvalue weighted by molar-refractivity contribution is 5.92. The number of anilines is 2. The molecular formula is C18H15F3N6O2. The number of hydrogen-bond acceptors (Lipinski definition) is 5. The third-order valence-corrected chi connectivity index (χ3v) is 3.67. The lowest BCUT2D eigenvalue weighted by Crippen LogP contribution is -2.20. The number of nitrogens with one attached hydrogen (secondary N) is 2. The Kier molecular flexibility index (Phi) is 5.57. The molecule has 1 heterocycles. The number of rotatable bonds is 5. The van der Waals surface area contributed by atoms with E-state index in [2.05, 4.69) is 26.0 Å². The molecule has 1 aromatic heterocycles. The molecule has 11 heteroatoms. The first-order chi connectivity index (χ1) is 13.7. The summed E-state index contributed by atoms with van der Waals surface area (Å²) in [5, 5.41) is 16.6. The molecule has 0 saturated carbocycles. The van der Waals surface area contributed by atoms with Gasteiger partial charge in [-0.2, -0.15) is 18.0 Å². The van der Waals surface area contributed by atoms with Crippen molar-refractivity contribution >= 4 is 23.2 Å². The van der Waals surface area contributed by atoms with Gasteiger partial charge in [-0.05, 0) is 41.6 Å². The lowest BCUT2D eigenvalue weighted by molar-refractivity contribution is -0.137. The van der Waals surface area contributed by atoms with Crippen molar-refractivity contribution in [2.45, 2.75) is 19.6 Å². The van der Waals surface area contributed by atoms with Crippen LogP contribution in [0.5, 0.6) is 0 Å². The number of tetrazole rings is 1. The molecule has 0 saturated heterocycles. The van der Waals surface area contributed by atoms with E-state index in [1.54, 1.807) is 24.3 Å². The number of alkyl halides is 3. The van der Waals surface area contributed by atoms with Gasteiger partial charge in [-0.25, -0.2) is 0 Å². The third kappa shape index (κ3) is 5.37. The molecule has 29 heavy (non-hydrogen) atoms. The molecule has 0 aliphatic carbocycles. The maximum atomic E-state index is 12.8. The number of benzene rings is 2. The SMILES string of the molecule is CC(=O)Nc1ccc(NC(=O)Cn2nnc(-c3cccc(C(F)(F)F)c3)n2)cc1. The highest BCUT2D eigenvalue weighted by atomic mass is 19.4. The summed E-state index contributed by atoms with van der Waals surface area (Å²) in [4.78, 5) is 24.1. The number of hydrogen-bond donors (Lipinski definition) is 2. The fourth-order valence-electron chi connectivity index (χ4n) is 2.43. The molecule has 2 aromatic carbocycles. The van der Waals surface area contributed by atoms with Crippen molar-refractivity contribution < 1.29 is 22.8 Å². The van der Waals surface area contributed by atoms with Crippen LogP contribution in [-0.4, -0.2) is 32.0 Å². The lowest BCUT2D eigenvalue weighted by atomic mass is 10.1. The van der Waals surface area contributed by atoms with Crippen LogP contribution < -0.4 is 10.6 Å². The average Bonchev–Trinajstić information content (AvgIpc) is 3.11. The topological polar surface area (TPSA) is 102 Å². The zero-order valence-electron chi connectivity index (χ0n) is 15.1. The van der Waals surface area contributed by atoms with Crippen LogP contribution in [0, 0.1) is 0 Å². The number of carbonyl (C=O) groups is 2. The molecule has 0 atom stereocenters. The average molecular weight is 404 g/mol. The van der Waals surface area contributed by atoms with Crippen molar-refractivity contribution in [2.24, 2.45) is 0 Å². The minimum atomic E-state index is -4.48. The number of aromatic nitrogens is 4. The Labute approximate surface area is 162 Å². The quantitative estimate of drug-likeness (QED) is 0.681. The van der Waals surface area contributed by atoms with E-state index in [-0.39, 0.29) is 23.8 Å². The molecule has 2 N–H and O–H groups in total. The molecule has 8 nitrogen and oxygen atoms in total. The summed E-state index contributed by atoms with van der Waals surface area (Å²) >= 11 is 0. The molecule has 0 fully saturated rings. The molecule has 0 radical (unpaired) electrons. The van der Waals surface area contributed by atoms with E-state index in [0.29, 0.717) is 11.4 Å². The maximum absolute atomic E-state index is 12.8. The second-order valence-corrected chi connectivity index (χ2v) is 6.03. The van der Waals surface area contributed by atoms with Gasteiger partial charge in [0.25, 0.3) is 0 Å². The summed E-state index contributed by atoms with van der Waals surface area (Å²) in [7, 11) is 0. The Morgan fingerprint density at radius 3 is 2.31 bits per heavy atom. The number of carbonyl (C=O) groups excluding carboxylic acids is 2. The first-order valence-electron chi connectivity index (χ1n) is 8.33. The second-order valence-electron chi connectivity index (χ2n) is 6.03. The minimum absolute atomic E-state index is 0.0245. The molecule has 3 rings (SSSR count). The summed E-state index contributed by atoms with van der Waals surface area (Å²) in [6.07, 6.45) is -4.48. The van der Waals surface area contributed by atoms with Crippen molar-refractivity contribution in [3.05, 3.63) is 54.1 Å². The highest BCUT2D eigenvalue weighted by Crippen LogP contribution is 2.31. The second kappa shape index (κ2) is 8.09. The van der Waals surface area contributed by atoms with Gasteiger partial charge in [0.2, 0.25) is 17.6 Å². The van der Waals surface area contributed by atoms with Gasteiger partial charge in [-0.1, -0.05) is 12.1 Å². The van der Waals surface area contributed by atoms with Crippen LogP contribution in [0.2, 0.25) is 0 Å². The van der Waals surface area contributed by atoms with Crippen LogP contribution in [0.3, 0.4) is 0 Å². The largest absolute Gasteiger partial charge is 0.416 e. The van der Waals surface area contributed by atoms with Gasteiger partial charge in [0, 0.05) is 23.9 Å². The van der Waals surface area contributed by atoms with Gasteiger partial charge < -0.3 is 10.6 Å². The summed E-state index contributed by atoms with van der Waals surface area (Å²) in [5.74, 6) is -0.690. The molecule has 0 spiro atoms. The maximum Gasteiger partial charge on any atom is 0.416 e. The fraction of sp³-hybridized carbons (Fsp3) is 0.167. The van der Waals surface area contributed by atoms with Crippen molar-refractivity contribution in [2.75, 3.05) is 10.6 Å². The van der Waals surface area contributed by atoms with Gasteiger partial charge >= 0.3 is 6.18 Å². The third-order valence-electron chi connectivity index (χ3n) is 3.67. The standard InChI is InChI=1S/C18H15F3N6O2/c1-11(28)22-14-5-7-15(8-6-14)23-16(29)10-27-25-17(24-26-27)12-3-2-4-13(9-12)18(19,20)21/h2-9H,10H2,1H3,(H,22,28)(H,23,29). The molecular weight excluding hydrogens is 389 g/mol. The Morgan fingerprint density at radius 1 is 1.03 bits per heavy atom. The van der Waals surface area contributed by atoms with E-state index in [9.17, 15) is 22.8 Å². The van der Waals surface area contributed by atoms with Gasteiger partial charge in [-0.3, -0.25) is 9.59 Å². The Balaban J connectivity index is 1.64. The smallest absolute Gasteiger partial charge is 0.326 e. The van der Waals surface area contributed by atoms with Crippen molar-refractivity contribution in [3.8, 4) is 11.4 Å². The van der Waals surface area contributed by atoms with E-state index in [4.69, 9.17) is 0 Å². The molecule has 0 unspecified atom stereocenters. The highest BCUT2D eigenvalue weighted by Gasteiger charge is 2.30. The van der Waals surface area contributed by atoms with E-state index in [1.807, 2.05) is 0 Å². The van der Waals surface area contributed by atoms with Crippen LogP contribution >= 0.6 is 0 Å². The predicted molar refractivity (Wildman–Crippen MR) is 97.6 cm³/mol. The Hall–Kier alpha value is -3.76. The zero-order chi connectivity index (χ0) is 21.0. The lowest BCUT2D eigenvalue weighted by Gasteiger charge is -2.07. The minimum Gasteiger partial charge on any atom is -0.326 e. The van der Waals surface area contributed by atoms with Crippen LogP contribution in [0.1, 0.15) is 12.5 Å². The first-order valence-corrected chi connectivity index (χ1v) is 8.33. The van der Waals surface area contributed by atoms with E-state index < -0.39 is 17.6 Å². The van der Waals surface area contributed by atoms with E-state index in [1.165, 1.54) is 19.1 Å². The van der Waals surface area contributed by atoms with Crippen LogP contribution in [0.4, 0.5) is 24.5 Å². The van der Waals surface area contributed by atoms with E-state index in [0.717, 1.165) is 16.9 Å². The molecule has 2 amide bonds. The Morgan fingerprint density at radius 2 is 1.69 bits per heavy atom. The van der Waals surface area contributed by atoms with Gasteiger partial charge in [0.1, 0.15) is 6.54 Å². The summed E-state index contributed by atoms with van der Waals surface area (Å²) in [6, 6.07) is 11.0.